The van der Waals surface area contributed by atoms with E-state index in [1.54, 1.807) is 11.1 Å². The molecule has 44 heavy (non-hydrogen) atoms. The maximum absolute atomic E-state index is 2.38. The molecule has 5 aromatic carbocycles. The highest BCUT2D eigenvalue weighted by Crippen LogP contribution is 2.37. The maximum atomic E-state index is 2.38. The molecule has 226 valence electrons. The third-order valence-corrected chi connectivity index (χ3v) is 14.5. The quantitative estimate of drug-likeness (QED) is 0.0863. The second kappa shape index (κ2) is 16.3. The molecule has 0 saturated heterocycles. The van der Waals surface area contributed by atoms with Crippen LogP contribution in [-0.4, -0.2) is 12.3 Å². The van der Waals surface area contributed by atoms with Crippen molar-refractivity contribution >= 4 is 37.1 Å². The van der Waals surface area contributed by atoms with Crippen LogP contribution in [0.15, 0.2) is 121 Å². The van der Waals surface area contributed by atoms with Crippen molar-refractivity contribution in [1.82, 2.24) is 0 Å². The largest absolute Gasteiger partial charge is 0.0622 e. The molecule has 0 amide bonds. The second-order valence-electron chi connectivity index (χ2n) is 12.0. The third kappa shape index (κ3) is 8.16. The Labute approximate surface area is 269 Å². The van der Waals surface area contributed by atoms with Gasteiger partial charge in [0.1, 0.15) is 0 Å². The van der Waals surface area contributed by atoms with Crippen LogP contribution in [-0.2, 0) is 12.8 Å². The normalized spacial score (nSPS) is 11.4. The molecule has 0 aliphatic heterocycles. The standard InChI is InChI=1S/C42H48P2/c1-33-34(2)42(30-18-20-32-44(39-25-13-7-14-26-39)40-27-15-8-16-28-40)36(4)35(3)41(33)29-17-19-31-43(37-21-9-5-10-22-37)38-23-11-6-12-24-38/h5-16,21-28H,17-20,29-32H2,1-4H3. The fourth-order valence-corrected chi connectivity index (χ4v) is 11.4. The van der Waals surface area contributed by atoms with Crippen molar-refractivity contribution in [2.24, 2.45) is 0 Å². The van der Waals surface area contributed by atoms with E-state index in [4.69, 9.17) is 0 Å². The van der Waals surface area contributed by atoms with Crippen LogP contribution in [0.5, 0.6) is 0 Å². The van der Waals surface area contributed by atoms with Crippen LogP contribution in [0.1, 0.15) is 59.1 Å². The van der Waals surface area contributed by atoms with Crippen molar-refractivity contribution in [2.75, 3.05) is 12.3 Å². The SMILES string of the molecule is Cc1c(C)c(CCCCP(c2ccccc2)c2ccccc2)c(C)c(C)c1CCCCP(c1ccccc1)c1ccccc1. The Bertz CT molecular complexity index is 1350. The molecule has 0 N–H and O–H groups in total. The molecule has 0 radical (unpaired) electrons. The fraction of sp³-hybridized carbons (Fsp3) is 0.286. The summed E-state index contributed by atoms with van der Waals surface area (Å²) in [5.74, 6) is 0. The monoisotopic (exact) mass is 614 g/mol. The molecule has 0 aliphatic carbocycles. The summed E-state index contributed by atoms with van der Waals surface area (Å²) in [5.41, 5.74) is 9.34. The highest BCUT2D eigenvalue weighted by molar-refractivity contribution is 7.73. The van der Waals surface area contributed by atoms with Crippen LogP contribution in [0.3, 0.4) is 0 Å². The highest BCUT2D eigenvalue weighted by Gasteiger charge is 2.17. The first kappa shape index (κ1) is 32.4. The molecule has 0 heterocycles. The van der Waals surface area contributed by atoms with Gasteiger partial charge in [0, 0.05) is 0 Å². The first-order valence-electron chi connectivity index (χ1n) is 16.4. The Morgan fingerprint density at radius 1 is 0.341 bits per heavy atom. The Balaban J connectivity index is 1.20. The zero-order chi connectivity index (χ0) is 30.7. The number of hydrogen-bond donors (Lipinski definition) is 0. The predicted octanol–water partition coefficient (Wildman–Crippen LogP) is 9.83. The lowest BCUT2D eigenvalue weighted by atomic mass is 9.85. The predicted molar refractivity (Wildman–Crippen MR) is 199 cm³/mol. The minimum Gasteiger partial charge on any atom is -0.0622 e. The van der Waals surface area contributed by atoms with Crippen molar-refractivity contribution in [1.29, 1.82) is 0 Å². The van der Waals surface area contributed by atoms with Crippen LogP contribution in [0.2, 0.25) is 0 Å². The molecule has 5 rings (SSSR count). The molecule has 0 spiro atoms. The van der Waals surface area contributed by atoms with E-state index in [-0.39, 0.29) is 15.8 Å². The number of rotatable bonds is 14. The fourth-order valence-electron chi connectivity index (χ4n) is 6.61. The van der Waals surface area contributed by atoms with Crippen molar-refractivity contribution in [2.45, 2.75) is 66.2 Å². The summed E-state index contributed by atoms with van der Waals surface area (Å²) in [4.78, 5) is 0. The summed E-state index contributed by atoms with van der Waals surface area (Å²) in [7, 11) is -0.613. The van der Waals surface area contributed by atoms with E-state index in [9.17, 15) is 0 Å². The summed E-state index contributed by atoms with van der Waals surface area (Å²) in [5, 5.41) is 5.99. The highest BCUT2D eigenvalue weighted by atomic mass is 31.1. The van der Waals surface area contributed by atoms with Crippen LogP contribution >= 0.6 is 15.8 Å². The van der Waals surface area contributed by atoms with E-state index in [1.165, 1.54) is 94.3 Å². The molecule has 0 aromatic heterocycles. The Morgan fingerprint density at radius 2 is 0.591 bits per heavy atom. The zero-order valence-electron chi connectivity index (χ0n) is 27.1. The van der Waals surface area contributed by atoms with Gasteiger partial charge in [-0.2, -0.15) is 0 Å². The third-order valence-electron chi connectivity index (χ3n) is 9.32. The van der Waals surface area contributed by atoms with Gasteiger partial charge in [-0.25, -0.2) is 0 Å². The molecule has 2 heteroatoms. The molecule has 0 unspecified atom stereocenters. The van der Waals surface area contributed by atoms with Gasteiger partial charge in [-0.15, -0.1) is 0 Å². The first-order valence-corrected chi connectivity index (χ1v) is 19.4. The molecule has 0 aliphatic rings. The van der Waals surface area contributed by atoms with Crippen LogP contribution in [0, 0.1) is 27.7 Å². The Hall–Kier alpha value is -3.04. The summed E-state index contributed by atoms with van der Waals surface area (Å²) in [6.07, 6.45) is 9.91. The molecule has 0 bridgehead atoms. The van der Waals surface area contributed by atoms with Gasteiger partial charge in [0.05, 0.1) is 0 Å². The Morgan fingerprint density at radius 3 is 0.841 bits per heavy atom. The van der Waals surface area contributed by atoms with Crippen molar-refractivity contribution in [3.8, 4) is 0 Å². The van der Waals surface area contributed by atoms with Gasteiger partial charge in [0.15, 0.2) is 0 Å². The average Bonchev–Trinajstić information content (AvgIpc) is 3.08. The lowest BCUT2D eigenvalue weighted by molar-refractivity contribution is 0.773. The molecule has 0 atom stereocenters. The van der Waals surface area contributed by atoms with E-state index in [0.717, 1.165) is 0 Å². The Kier molecular flexibility index (Phi) is 12.0. The van der Waals surface area contributed by atoms with Gasteiger partial charge < -0.3 is 0 Å². The maximum Gasteiger partial charge on any atom is -0.0195 e. The van der Waals surface area contributed by atoms with E-state index in [0.29, 0.717) is 0 Å². The molecular weight excluding hydrogens is 566 g/mol. The van der Waals surface area contributed by atoms with Crippen LogP contribution in [0.25, 0.3) is 0 Å². The molecule has 0 fully saturated rings. The first-order chi connectivity index (χ1) is 21.5. The summed E-state index contributed by atoms with van der Waals surface area (Å²) >= 11 is 0. The number of unbranched alkanes of at least 4 members (excludes halogenated alkanes) is 2. The van der Waals surface area contributed by atoms with Crippen LogP contribution < -0.4 is 21.2 Å². The number of hydrogen-bond acceptors (Lipinski definition) is 0. The van der Waals surface area contributed by atoms with E-state index < -0.39 is 0 Å². The summed E-state index contributed by atoms with van der Waals surface area (Å²) < 4.78 is 0. The van der Waals surface area contributed by atoms with E-state index in [2.05, 4.69) is 149 Å². The summed E-state index contributed by atoms with van der Waals surface area (Å²) in [6.45, 7) is 9.52. The van der Waals surface area contributed by atoms with Gasteiger partial charge in [-0.3, -0.25) is 0 Å². The lowest BCUT2D eigenvalue weighted by Gasteiger charge is -2.22. The smallest absolute Gasteiger partial charge is 0.0195 e. The molecule has 0 saturated carbocycles. The van der Waals surface area contributed by atoms with Gasteiger partial charge in [-0.1, -0.05) is 121 Å². The zero-order valence-corrected chi connectivity index (χ0v) is 28.9. The van der Waals surface area contributed by atoms with E-state index in [1.807, 2.05) is 0 Å². The van der Waals surface area contributed by atoms with Crippen molar-refractivity contribution in [3.05, 3.63) is 155 Å². The van der Waals surface area contributed by atoms with Gasteiger partial charge in [0.25, 0.3) is 0 Å². The average molecular weight is 615 g/mol. The van der Waals surface area contributed by atoms with E-state index >= 15 is 0 Å². The minimum absolute atomic E-state index is 0.307. The molecule has 5 aromatic rings. The molecule has 0 nitrogen and oxygen atoms in total. The van der Waals surface area contributed by atoms with Crippen molar-refractivity contribution in [3.63, 3.8) is 0 Å². The lowest BCUT2D eigenvalue weighted by Crippen LogP contribution is -2.14. The topological polar surface area (TPSA) is 0 Å². The van der Waals surface area contributed by atoms with Gasteiger partial charge in [-0.05, 0) is 149 Å². The minimum atomic E-state index is -0.307. The van der Waals surface area contributed by atoms with Gasteiger partial charge in [0.2, 0.25) is 0 Å². The van der Waals surface area contributed by atoms with Crippen molar-refractivity contribution < 1.29 is 0 Å². The number of benzene rings is 5. The second-order valence-corrected chi connectivity index (χ2v) is 16.7. The van der Waals surface area contributed by atoms with Gasteiger partial charge >= 0.3 is 0 Å². The summed E-state index contributed by atoms with van der Waals surface area (Å²) in [6, 6.07) is 44.7. The van der Waals surface area contributed by atoms with Crippen LogP contribution in [0.4, 0.5) is 0 Å². The molecular formula is C42H48P2.